The van der Waals surface area contributed by atoms with Gasteiger partial charge in [0.1, 0.15) is 11.5 Å². The van der Waals surface area contributed by atoms with Crippen LogP contribution in [-0.2, 0) is 6.54 Å². The van der Waals surface area contributed by atoms with E-state index in [2.05, 4.69) is 10.3 Å². The average Bonchev–Trinajstić information content (AvgIpc) is 3.33. The largest absolute Gasteiger partial charge is 0.494 e. The van der Waals surface area contributed by atoms with Crippen LogP contribution in [0, 0.1) is 0 Å². The first-order valence-electron chi connectivity index (χ1n) is 7.43. The Hall–Kier alpha value is -2.07. The highest BCUT2D eigenvalue weighted by Crippen LogP contribution is 2.26. The van der Waals surface area contributed by atoms with E-state index in [4.69, 9.17) is 9.47 Å². The Morgan fingerprint density at radius 2 is 1.90 bits per heavy atom. The summed E-state index contributed by atoms with van der Waals surface area (Å²) >= 11 is 0. The summed E-state index contributed by atoms with van der Waals surface area (Å²) < 4.78 is 11.3. The molecule has 4 nitrogen and oxygen atoms in total. The third-order valence-corrected chi connectivity index (χ3v) is 3.36. The predicted octanol–water partition coefficient (Wildman–Crippen LogP) is 3.52. The molecule has 1 N–H and O–H groups in total. The van der Waals surface area contributed by atoms with E-state index in [1.807, 2.05) is 43.3 Å². The van der Waals surface area contributed by atoms with Gasteiger partial charge in [-0.25, -0.2) is 4.98 Å². The molecule has 1 aromatic heterocycles. The molecule has 1 heterocycles. The van der Waals surface area contributed by atoms with Gasteiger partial charge in [0.15, 0.2) is 0 Å². The van der Waals surface area contributed by atoms with Crippen molar-refractivity contribution >= 4 is 0 Å². The van der Waals surface area contributed by atoms with Crippen LogP contribution < -0.4 is 14.8 Å². The maximum atomic E-state index is 5.89. The molecule has 1 aromatic carbocycles. The first-order chi connectivity index (χ1) is 10.3. The number of hydrogen-bond donors (Lipinski definition) is 1. The summed E-state index contributed by atoms with van der Waals surface area (Å²) in [5, 5.41) is 3.48. The van der Waals surface area contributed by atoms with E-state index in [0.29, 0.717) is 18.5 Å². The zero-order valence-corrected chi connectivity index (χ0v) is 12.2. The number of aromatic nitrogens is 1. The van der Waals surface area contributed by atoms with Crippen molar-refractivity contribution in [1.29, 1.82) is 0 Å². The molecule has 0 saturated heterocycles. The lowest BCUT2D eigenvalue weighted by Gasteiger charge is -2.11. The number of pyridine rings is 1. The molecule has 1 aliphatic carbocycles. The van der Waals surface area contributed by atoms with E-state index >= 15 is 0 Å². The standard InChI is InChI=1S/C17H20N2O2/c1-2-20-15-7-9-16(10-8-15)21-17-13(4-3-11-18-17)12-19-14-5-6-14/h3-4,7-11,14,19H,2,5-6,12H2,1H3. The molecule has 0 bridgehead atoms. The minimum atomic E-state index is 0.662. The highest BCUT2D eigenvalue weighted by Gasteiger charge is 2.20. The molecule has 4 heteroatoms. The minimum Gasteiger partial charge on any atom is -0.494 e. The molecule has 2 aromatic rings. The number of nitrogens with one attached hydrogen (secondary N) is 1. The van der Waals surface area contributed by atoms with E-state index in [-0.39, 0.29) is 0 Å². The van der Waals surface area contributed by atoms with Gasteiger partial charge in [0.2, 0.25) is 5.88 Å². The van der Waals surface area contributed by atoms with Crippen LogP contribution in [-0.4, -0.2) is 17.6 Å². The van der Waals surface area contributed by atoms with E-state index in [0.717, 1.165) is 23.6 Å². The summed E-state index contributed by atoms with van der Waals surface area (Å²) in [6, 6.07) is 12.3. The molecule has 21 heavy (non-hydrogen) atoms. The highest BCUT2D eigenvalue weighted by atomic mass is 16.5. The van der Waals surface area contributed by atoms with Crippen LogP contribution in [0.1, 0.15) is 25.3 Å². The van der Waals surface area contributed by atoms with Crippen LogP contribution in [0.2, 0.25) is 0 Å². The summed E-state index contributed by atoms with van der Waals surface area (Å²) in [4.78, 5) is 4.34. The fourth-order valence-corrected chi connectivity index (χ4v) is 2.07. The van der Waals surface area contributed by atoms with Gasteiger partial charge in [0, 0.05) is 24.3 Å². The average molecular weight is 284 g/mol. The number of nitrogens with zero attached hydrogens (tertiary/aromatic N) is 1. The Bertz CT molecular complexity index is 580. The Balaban J connectivity index is 1.68. The maximum Gasteiger partial charge on any atom is 0.223 e. The monoisotopic (exact) mass is 284 g/mol. The fraction of sp³-hybridized carbons (Fsp3) is 0.353. The van der Waals surface area contributed by atoms with Crippen LogP contribution >= 0.6 is 0 Å². The van der Waals surface area contributed by atoms with Crippen molar-refractivity contribution in [1.82, 2.24) is 10.3 Å². The lowest BCUT2D eigenvalue weighted by Crippen LogP contribution is -2.16. The van der Waals surface area contributed by atoms with E-state index in [9.17, 15) is 0 Å². The van der Waals surface area contributed by atoms with Gasteiger partial charge in [-0.3, -0.25) is 0 Å². The van der Waals surface area contributed by atoms with Crippen molar-refractivity contribution < 1.29 is 9.47 Å². The van der Waals surface area contributed by atoms with E-state index < -0.39 is 0 Å². The Morgan fingerprint density at radius 3 is 2.62 bits per heavy atom. The summed E-state index contributed by atoms with van der Waals surface area (Å²) in [6.07, 6.45) is 4.30. The summed E-state index contributed by atoms with van der Waals surface area (Å²) in [5.74, 6) is 2.28. The first kappa shape index (κ1) is 13.9. The third-order valence-electron chi connectivity index (χ3n) is 3.36. The molecule has 1 saturated carbocycles. The molecule has 0 radical (unpaired) electrons. The van der Waals surface area contributed by atoms with Crippen molar-refractivity contribution in [2.24, 2.45) is 0 Å². The SMILES string of the molecule is CCOc1ccc(Oc2ncccc2CNC2CC2)cc1. The smallest absolute Gasteiger partial charge is 0.223 e. The second-order valence-corrected chi connectivity index (χ2v) is 5.13. The van der Waals surface area contributed by atoms with Crippen molar-refractivity contribution in [2.75, 3.05) is 6.61 Å². The van der Waals surface area contributed by atoms with Gasteiger partial charge in [-0.05, 0) is 50.1 Å². The highest BCUT2D eigenvalue weighted by molar-refractivity contribution is 5.35. The number of rotatable bonds is 7. The summed E-state index contributed by atoms with van der Waals surface area (Å²) in [6.45, 7) is 3.43. The van der Waals surface area contributed by atoms with Crippen molar-refractivity contribution in [2.45, 2.75) is 32.4 Å². The molecule has 1 aliphatic rings. The molecule has 3 rings (SSSR count). The molecule has 0 aliphatic heterocycles. The Kier molecular flexibility index (Phi) is 4.36. The van der Waals surface area contributed by atoms with Gasteiger partial charge in [-0.1, -0.05) is 6.07 Å². The van der Waals surface area contributed by atoms with Crippen LogP contribution in [0.3, 0.4) is 0 Å². The van der Waals surface area contributed by atoms with Crippen molar-refractivity contribution in [3.8, 4) is 17.4 Å². The summed E-state index contributed by atoms with van der Waals surface area (Å²) in [5.41, 5.74) is 1.08. The maximum absolute atomic E-state index is 5.89. The number of hydrogen-bond acceptors (Lipinski definition) is 4. The summed E-state index contributed by atoms with van der Waals surface area (Å²) in [7, 11) is 0. The molecule has 0 atom stereocenters. The van der Waals surface area contributed by atoms with Crippen LogP contribution in [0.25, 0.3) is 0 Å². The number of benzene rings is 1. The zero-order chi connectivity index (χ0) is 14.5. The molecular formula is C17H20N2O2. The van der Waals surface area contributed by atoms with Crippen LogP contribution in [0.5, 0.6) is 17.4 Å². The van der Waals surface area contributed by atoms with Crippen molar-refractivity contribution in [3.63, 3.8) is 0 Å². The number of ether oxygens (including phenoxy) is 2. The lowest BCUT2D eigenvalue weighted by molar-refractivity contribution is 0.339. The molecule has 0 spiro atoms. The minimum absolute atomic E-state index is 0.662. The van der Waals surface area contributed by atoms with Crippen LogP contribution in [0.15, 0.2) is 42.6 Å². The lowest BCUT2D eigenvalue weighted by atomic mass is 10.2. The van der Waals surface area contributed by atoms with Gasteiger partial charge in [-0.2, -0.15) is 0 Å². The molecule has 0 unspecified atom stereocenters. The predicted molar refractivity (Wildman–Crippen MR) is 81.8 cm³/mol. The molecule has 110 valence electrons. The topological polar surface area (TPSA) is 43.4 Å². The molecule has 1 fully saturated rings. The zero-order valence-electron chi connectivity index (χ0n) is 12.2. The second-order valence-electron chi connectivity index (χ2n) is 5.13. The van der Waals surface area contributed by atoms with Gasteiger partial charge >= 0.3 is 0 Å². The quantitative estimate of drug-likeness (QED) is 0.844. The van der Waals surface area contributed by atoms with Gasteiger partial charge in [0.05, 0.1) is 6.61 Å². The van der Waals surface area contributed by atoms with Crippen LogP contribution in [0.4, 0.5) is 0 Å². The Morgan fingerprint density at radius 1 is 1.14 bits per heavy atom. The van der Waals surface area contributed by atoms with E-state index in [1.54, 1.807) is 6.20 Å². The van der Waals surface area contributed by atoms with Gasteiger partial charge in [-0.15, -0.1) is 0 Å². The van der Waals surface area contributed by atoms with Gasteiger partial charge in [0.25, 0.3) is 0 Å². The second kappa shape index (κ2) is 6.59. The molecular weight excluding hydrogens is 264 g/mol. The Labute approximate surface area is 125 Å². The van der Waals surface area contributed by atoms with Gasteiger partial charge < -0.3 is 14.8 Å². The molecule has 0 amide bonds. The fourth-order valence-electron chi connectivity index (χ4n) is 2.07. The first-order valence-corrected chi connectivity index (χ1v) is 7.43. The third kappa shape index (κ3) is 3.95. The van der Waals surface area contributed by atoms with Crippen molar-refractivity contribution in [3.05, 3.63) is 48.2 Å². The normalized spacial score (nSPS) is 14.0. The van der Waals surface area contributed by atoms with E-state index in [1.165, 1.54) is 12.8 Å².